The van der Waals surface area contributed by atoms with Crippen LogP contribution < -0.4 is 9.05 Å². The molecule has 166 valence electrons. The lowest BCUT2D eigenvalue weighted by atomic mass is 9.98. The van der Waals surface area contributed by atoms with Crippen LogP contribution in [0.2, 0.25) is 0 Å². The first-order chi connectivity index (χ1) is 14.3. The van der Waals surface area contributed by atoms with Gasteiger partial charge in [-0.1, -0.05) is 56.5 Å². The molecular formula is C24H36O4P2. The second kappa shape index (κ2) is 11.9. The van der Waals surface area contributed by atoms with Gasteiger partial charge in [0.15, 0.2) is 0 Å². The second-order valence-electron chi connectivity index (χ2n) is 7.66. The van der Waals surface area contributed by atoms with E-state index in [1.807, 2.05) is 38.7 Å². The highest BCUT2D eigenvalue weighted by atomic mass is 31.2. The molecule has 0 aliphatic carbocycles. The van der Waals surface area contributed by atoms with Crippen LogP contribution >= 0.6 is 15.7 Å². The molecule has 0 aliphatic heterocycles. The van der Waals surface area contributed by atoms with Gasteiger partial charge in [0.1, 0.15) is 11.5 Å². The minimum atomic E-state index is -2.75. The number of benzene rings is 2. The first kappa shape index (κ1) is 24.9. The largest absolute Gasteiger partial charge is 0.447 e. The normalized spacial score (nSPS) is 14.2. The van der Waals surface area contributed by atoms with Gasteiger partial charge in [0.05, 0.1) is 12.2 Å². The van der Waals surface area contributed by atoms with Gasteiger partial charge >= 0.3 is 0 Å². The summed E-state index contributed by atoms with van der Waals surface area (Å²) < 4.78 is 31.1. The van der Waals surface area contributed by atoms with E-state index < -0.39 is 15.7 Å². The fourth-order valence-corrected chi connectivity index (χ4v) is 4.74. The molecule has 0 radical (unpaired) electrons. The molecule has 0 fully saturated rings. The van der Waals surface area contributed by atoms with E-state index in [1.54, 1.807) is 6.66 Å². The summed E-state index contributed by atoms with van der Waals surface area (Å²) in [4.78, 5) is 0. The number of rotatable bonds is 12. The molecule has 0 aliphatic rings. The topological polar surface area (TPSA) is 44.8 Å². The predicted molar refractivity (Wildman–Crippen MR) is 130 cm³/mol. The van der Waals surface area contributed by atoms with Crippen molar-refractivity contribution < 1.29 is 18.1 Å². The van der Waals surface area contributed by atoms with Gasteiger partial charge in [0.25, 0.3) is 0 Å². The Morgan fingerprint density at radius 2 is 1.77 bits per heavy atom. The van der Waals surface area contributed by atoms with Crippen LogP contribution in [0.3, 0.4) is 0 Å². The van der Waals surface area contributed by atoms with Gasteiger partial charge < -0.3 is 13.6 Å². The summed E-state index contributed by atoms with van der Waals surface area (Å²) in [5.41, 5.74) is 4.13. The zero-order valence-corrected chi connectivity index (χ0v) is 21.0. The Morgan fingerprint density at radius 3 is 2.40 bits per heavy atom. The Hall–Kier alpha value is -1.34. The van der Waals surface area contributed by atoms with E-state index in [2.05, 4.69) is 32.0 Å². The lowest BCUT2D eigenvalue weighted by Gasteiger charge is -2.22. The molecule has 0 amide bonds. The van der Waals surface area contributed by atoms with Crippen molar-refractivity contribution in [1.82, 2.24) is 0 Å². The molecule has 6 heteroatoms. The van der Waals surface area contributed by atoms with Gasteiger partial charge in [0.2, 0.25) is 15.7 Å². The third-order valence-corrected chi connectivity index (χ3v) is 7.71. The van der Waals surface area contributed by atoms with Gasteiger partial charge in [-0.2, -0.15) is 0 Å². The fourth-order valence-electron chi connectivity index (χ4n) is 3.22. The molecule has 0 N–H and O–H groups in total. The number of unbranched alkanes of at least 4 members (excludes halogenated alkanes) is 2. The summed E-state index contributed by atoms with van der Waals surface area (Å²) in [6, 6.07) is 12.4. The maximum Gasteiger partial charge on any atom is 0.244 e. The zero-order chi connectivity index (χ0) is 22.1. The van der Waals surface area contributed by atoms with E-state index in [4.69, 9.17) is 13.6 Å². The minimum Gasteiger partial charge on any atom is -0.447 e. The van der Waals surface area contributed by atoms with Crippen LogP contribution in [0.5, 0.6) is 11.5 Å². The summed E-state index contributed by atoms with van der Waals surface area (Å²) >= 11 is 0. The Kier molecular flexibility index (Phi) is 9.88. The van der Waals surface area contributed by atoms with Crippen LogP contribution in [-0.4, -0.2) is 26.1 Å². The molecule has 2 aromatic carbocycles. The van der Waals surface area contributed by atoms with E-state index >= 15 is 0 Å². The highest BCUT2D eigenvalue weighted by Gasteiger charge is 2.23. The summed E-state index contributed by atoms with van der Waals surface area (Å²) in [5.74, 6) is 1.37. The van der Waals surface area contributed by atoms with Gasteiger partial charge in [0, 0.05) is 19.5 Å². The van der Waals surface area contributed by atoms with Crippen LogP contribution in [0.1, 0.15) is 51.2 Å². The average Bonchev–Trinajstić information content (AvgIpc) is 2.68. The van der Waals surface area contributed by atoms with E-state index in [0.29, 0.717) is 18.5 Å². The molecule has 0 heterocycles. The van der Waals surface area contributed by atoms with Crippen LogP contribution in [0.25, 0.3) is 11.1 Å². The maximum absolute atomic E-state index is 12.9. The molecule has 0 bridgehead atoms. The Morgan fingerprint density at radius 1 is 1.03 bits per heavy atom. The number of hydrogen-bond acceptors (Lipinski definition) is 4. The van der Waals surface area contributed by atoms with Crippen LogP contribution in [0.4, 0.5) is 0 Å². The van der Waals surface area contributed by atoms with Crippen LogP contribution in [-0.2, 0) is 15.5 Å². The molecule has 2 atom stereocenters. The van der Waals surface area contributed by atoms with Crippen molar-refractivity contribution in [2.24, 2.45) is 0 Å². The summed E-state index contributed by atoms with van der Waals surface area (Å²) in [5, 5.41) is 0. The van der Waals surface area contributed by atoms with Crippen molar-refractivity contribution in [2.45, 2.75) is 53.4 Å². The molecule has 2 rings (SSSR count). The first-order valence-electron chi connectivity index (χ1n) is 10.8. The Balaban J connectivity index is 2.63. The highest BCUT2D eigenvalue weighted by Crippen LogP contribution is 2.51. The van der Waals surface area contributed by atoms with Crippen molar-refractivity contribution in [3.8, 4) is 22.6 Å². The monoisotopic (exact) mass is 450 g/mol. The quantitative estimate of drug-likeness (QED) is 0.242. The van der Waals surface area contributed by atoms with Crippen molar-refractivity contribution in [2.75, 3.05) is 26.1 Å². The van der Waals surface area contributed by atoms with Crippen LogP contribution in [0, 0.1) is 6.92 Å². The van der Waals surface area contributed by atoms with Crippen LogP contribution in [0.15, 0.2) is 36.4 Å². The summed E-state index contributed by atoms with van der Waals surface area (Å²) in [6.45, 7) is 12.4. The summed E-state index contributed by atoms with van der Waals surface area (Å²) in [7, 11) is -3.83. The molecule has 0 saturated carbocycles. The van der Waals surface area contributed by atoms with Crippen molar-refractivity contribution in [1.29, 1.82) is 0 Å². The smallest absolute Gasteiger partial charge is 0.244 e. The molecule has 2 unspecified atom stereocenters. The standard InChI is InChI=1S/C24H36O4P2/c1-7-10-11-14-20-17-22(27-29(5)26-8-2)24(21-15-12-13-19(4)16-21)23(18-20)28-30(6,25)9-3/h12-13,15-18H,7-11,14H2,1-6H3. The van der Waals surface area contributed by atoms with Crippen molar-refractivity contribution >= 4 is 15.7 Å². The number of hydrogen-bond donors (Lipinski definition) is 0. The van der Waals surface area contributed by atoms with Gasteiger partial charge in [-0.25, -0.2) is 0 Å². The third kappa shape index (κ3) is 7.41. The maximum atomic E-state index is 12.9. The minimum absolute atomic E-state index is 0.482. The van der Waals surface area contributed by atoms with E-state index in [1.165, 1.54) is 12.8 Å². The van der Waals surface area contributed by atoms with Gasteiger partial charge in [-0.3, -0.25) is 4.57 Å². The molecule has 4 nitrogen and oxygen atoms in total. The molecule has 0 aromatic heterocycles. The first-order valence-corrected chi connectivity index (χ1v) is 14.7. The Bertz CT molecular complexity index is 866. The molecule has 2 aromatic rings. The predicted octanol–water partition coefficient (Wildman–Crippen LogP) is 8.06. The van der Waals surface area contributed by atoms with E-state index in [-0.39, 0.29) is 0 Å². The molecule has 30 heavy (non-hydrogen) atoms. The lowest BCUT2D eigenvalue weighted by Crippen LogP contribution is -2.01. The summed E-state index contributed by atoms with van der Waals surface area (Å²) in [6.07, 6.45) is 4.86. The van der Waals surface area contributed by atoms with Crippen molar-refractivity contribution in [3.63, 3.8) is 0 Å². The second-order valence-corrected chi connectivity index (χ2v) is 11.8. The van der Waals surface area contributed by atoms with Gasteiger partial charge in [-0.15, -0.1) is 0 Å². The third-order valence-electron chi connectivity index (χ3n) is 4.91. The highest BCUT2D eigenvalue weighted by molar-refractivity contribution is 7.58. The molecular weight excluding hydrogens is 414 g/mol. The zero-order valence-electron chi connectivity index (χ0n) is 19.2. The Labute approximate surface area is 183 Å². The van der Waals surface area contributed by atoms with Gasteiger partial charge in [-0.05, 0) is 49.9 Å². The van der Waals surface area contributed by atoms with E-state index in [0.717, 1.165) is 40.8 Å². The fraction of sp³-hybridized carbons (Fsp3) is 0.500. The van der Waals surface area contributed by atoms with Crippen molar-refractivity contribution in [3.05, 3.63) is 47.5 Å². The molecule has 0 saturated heterocycles. The SMILES string of the molecule is CCCCCc1cc(OP(C)OCC)c(-c2cccc(C)c2)c(OP(C)(=O)CC)c1. The average molecular weight is 450 g/mol. The lowest BCUT2D eigenvalue weighted by molar-refractivity contribution is 0.338. The number of aryl methyl sites for hydroxylation is 2. The van der Waals surface area contributed by atoms with E-state index in [9.17, 15) is 4.57 Å². The molecule has 0 spiro atoms.